The molecule has 0 fully saturated rings. The lowest BCUT2D eigenvalue weighted by atomic mass is 9.73. The van der Waals surface area contributed by atoms with Crippen molar-refractivity contribution in [1.29, 1.82) is 0 Å². The summed E-state index contributed by atoms with van der Waals surface area (Å²) in [6.45, 7) is -0.275. The van der Waals surface area contributed by atoms with Crippen LogP contribution in [0.4, 0.5) is 5.69 Å². The number of hydrogen-bond donors (Lipinski definition) is 1. The molecule has 2 aromatic rings. The van der Waals surface area contributed by atoms with Gasteiger partial charge in [-0.1, -0.05) is 29.8 Å². The average molecular weight is 508 g/mol. The van der Waals surface area contributed by atoms with E-state index in [1.807, 2.05) is 18.2 Å². The van der Waals surface area contributed by atoms with Crippen LogP contribution in [0.5, 0.6) is 11.5 Å². The number of hydrogen-bond acceptors (Lipinski definition) is 6. The lowest BCUT2D eigenvalue weighted by molar-refractivity contribution is -0.119. The number of rotatable bonds is 6. The molecule has 5 rings (SSSR count). The zero-order valence-corrected chi connectivity index (χ0v) is 20.7. The highest BCUT2D eigenvalue weighted by molar-refractivity contribution is 6.32. The number of nitrogens with one attached hydrogen (secondary N) is 1. The summed E-state index contributed by atoms with van der Waals surface area (Å²) in [6, 6.07) is 12.5. The number of para-hydroxylation sites is 1. The van der Waals surface area contributed by atoms with Crippen LogP contribution in [-0.4, -0.2) is 31.2 Å². The van der Waals surface area contributed by atoms with Gasteiger partial charge in [-0.15, -0.1) is 0 Å². The molecule has 0 unspecified atom stereocenters. The Morgan fingerprint density at radius 2 is 1.64 bits per heavy atom. The van der Waals surface area contributed by atoms with Gasteiger partial charge in [-0.3, -0.25) is 14.4 Å². The number of methoxy groups -OCH3 is 1. The molecule has 1 aliphatic heterocycles. The van der Waals surface area contributed by atoms with Gasteiger partial charge in [-0.25, -0.2) is 0 Å². The van der Waals surface area contributed by atoms with E-state index in [4.69, 9.17) is 25.8 Å². The van der Waals surface area contributed by atoms with Crippen LogP contribution in [-0.2, 0) is 19.1 Å². The SMILES string of the molecule is COc1cc(C2C3=C(CCCC3=O)OC3=C2C(=O)CCC3)cc(Cl)c1OCC(=O)Nc1ccccc1. The number of carbonyl (C=O) groups excluding carboxylic acids is 3. The second-order valence-electron chi connectivity index (χ2n) is 9.00. The van der Waals surface area contributed by atoms with Gasteiger partial charge < -0.3 is 19.5 Å². The number of ether oxygens (including phenoxy) is 3. The van der Waals surface area contributed by atoms with E-state index in [2.05, 4.69) is 5.32 Å². The Balaban J connectivity index is 1.47. The van der Waals surface area contributed by atoms with Crippen molar-refractivity contribution < 1.29 is 28.6 Å². The van der Waals surface area contributed by atoms with Crippen molar-refractivity contribution in [1.82, 2.24) is 0 Å². The number of ketones is 2. The monoisotopic (exact) mass is 507 g/mol. The van der Waals surface area contributed by atoms with Gasteiger partial charge in [0.15, 0.2) is 29.7 Å². The first-order valence-electron chi connectivity index (χ1n) is 12.0. The van der Waals surface area contributed by atoms with Gasteiger partial charge in [-0.2, -0.15) is 0 Å². The van der Waals surface area contributed by atoms with Crippen LogP contribution in [0, 0.1) is 0 Å². The van der Waals surface area contributed by atoms with E-state index in [9.17, 15) is 14.4 Å². The lowest BCUT2D eigenvalue weighted by Crippen LogP contribution is -2.30. The van der Waals surface area contributed by atoms with E-state index in [-0.39, 0.29) is 34.9 Å². The Kier molecular flexibility index (Phi) is 6.83. The minimum atomic E-state index is -0.564. The minimum absolute atomic E-state index is 0.0147. The fourth-order valence-corrected chi connectivity index (χ4v) is 5.33. The summed E-state index contributed by atoms with van der Waals surface area (Å²) in [7, 11) is 1.48. The number of halogens is 1. The molecule has 7 nitrogen and oxygen atoms in total. The van der Waals surface area contributed by atoms with Gasteiger partial charge >= 0.3 is 0 Å². The van der Waals surface area contributed by atoms with Gasteiger partial charge in [0.25, 0.3) is 5.91 Å². The predicted molar refractivity (Wildman–Crippen MR) is 134 cm³/mol. The third-order valence-electron chi connectivity index (χ3n) is 6.63. The highest BCUT2D eigenvalue weighted by Crippen LogP contribution is 2.50. The maximum Gasteiger partial charge on any atom is 0.262 e. The molecule has 36 heavy (non-hydrogen) atoms. The molecule has 0 bridgehead atoms. The van der Waals surface area contributed by atoms with Crippen LogP contribution in [0.3, 0.4) is 0 Å². The fraction of sp³-hybridized carbons (Fsp3) is 0.321. The molecule has 2 aliphatic carbocycles. The maximum atomic E-state index is 13.0. The van der Waals surface area contributed by atoms with Crippen LogP contribution >= 0.6 is 11.6 Å². The first-order chi connectivity index (χ1) is 17.5. The molecule has 1 heterocycles. The van der Waals surface area contributed by atoms with E-state index in [0.29, 0.717) is 65.3 Å². The summed E-state index contributed by atoms with van der Waals surface area (Å²) in [6.07, 6.45) is 3.60. The molecule has 186 valence electrons. The highest BCUT2D eigenvalue weighted by atomic mass is 35.5. The van der Waals surface area contributed by atoms with Crippen LogP contribution in [0.25, 0.3) is 0 Å². The first-order valence-corrected chi connectivity index (χ1v) is 12.4. The van der Waals surface area contributed by atoms with Crippen molar-refractivity contribution in [3.05, 3.63) is 75.7 Å². The van der Waals surface area contributed by atoms with E-state index >= 15 is 0 Å². The van der Waals surface area contributed by atoms with Crippen LogP contribution in [0.15, 0.2) is 65.1 Å². The Labute approximate surface area is 214 Å². The average Bonchev–Trinajstić information content (AvgIpc) is 2.87. The quantitative estimate of drug-likeness (QED) is 0.555. The molecule has 2 aromatic carbocycles. The third kappa shape index (κ3) is 4.63. The molecule has 8 heteroatoms. The van der Waals surface area contributed by atoms with Crippen molar-refractivity contribution in [2.75, 3.05) is 19.0 Å². The molecule has 0 radical (unpaired) electrons. The molecular formula is C28H26ClNO6. The van der Waals surface area contributed by atoms with Gasteiger partial charge in [0.1, 0.15) is 11.5 Å². The zero-order valence-electron chi connectivity index (χ0n) is 19.9. The molecule has 0 atom stereocenters. The Bertz CT molecular complexity index is 1250. The lowest BCUT2D eigenvalue weighted by Gasteiger charge is -2.36. The van der Waals surface area contributed by atoms with Gasteiger partial charge in [-0.05, 0) is 42.7 Å². The standard InChI is InChI=1S/C28H26ClNO6/c1-34-23-14-16(13-18(29)28(23)35-15-24(33)30-17-7-3-2-4-8-17)25-26-19(31)9-5-11-21(26)36-22-12-6-10-20(32)27(22)25/h2-4,7-8,13-14,25H,5-6,9-12,15H2,1H3,(H,30,33). The van der Waals surface area contributed by atoms with Crippen LogP contribution in [0.2, 0.25) is 5.02 Å². The molecule has 0 saturated carbocycles. The smallest absolute Gasteiger partial charge is 0.262 e. The summed E-state index contributed by atoms with van der Waals surface area (Å²) < 4.78 is 17.4. The minimum Gasteiger partial charge on any atom is -0.493 e. The molecule has 1 amide bonds. The second kappa shape index (κ2) is 10.2. The zero-order chi connectivity index (χ0) is 25.2. The first kappa shape index (κ1) is 24.1. The summed E-state index contributed by atoms with van der Waals surface area (Å²) in [5.74, 6) is 0.886. The van der Waals surface area contributed by atoms with Gasteiger partial charge in [0.2, 0.25) is 0 Å². The summed E-state index contributed by atoms with van der Waals surface area (Å²) >= 11 is 6.63. The van der Waals surface area contributed by atoms with Crippen molar-refractivity contribution in [3.63, 3.8) is 0 Å². The van der Waals surface area contributed by atoms with Crippen molar-refractivity contribution >= 4 is 34.8 Å². The largest absolute Gasteiger partial charge is 0.493 e. The maximum absolute atomic E-state index is 13.0. The van der Waals surface area contributed by atoms with Crippen LogP contribution < -0.4 is 14.8 Å². The molecule has 0 saturated heterocycles. The van der Waals surface area contributed by atoms with E-state index in [1.165, 1.54) is 7.11 Å². The number of amides is 1. The number of allylic oxidation sites excluding steroid dienone is 4. The topological polar surface area (TPSA) is 90.9 Å². The van der Waals surface area contributed by atoms with Gasteiger partial charge in [0, 0.05) is 48.4 Å². The predicted octanol–water partition coefficient (Wildman–Crippen LogP) is 5.49. The molecular weight excluding hydrogens is 482 g/mol. The summed E-state index contributed by atoms with van der Waals surface area (Å²) in [5.41, 5.74) is 2.38. The van der Waals surface area contributed by atoms with Crippen LogP contribution in [0.1, 0.15) is 50.0 Å². The molecule has 0 spiro atoms. The van der Waals surface area contributed by atoms with E-state index in [0.717, 1.165) is 12.8 Å². The molecule has 0 aromatic heterocycles. The summed E-state index contributed by atoms with van der Waals surface area (Å²) in [4.78, 5) is 38.4. The third-order valence-corrected chi connectivity index (χ3v) is 6.91. The fourth-order valence-electron chi connectivity index (χ4n) is 5.05. The van der Waals surface area contributed by atoms with Crippen molar-refractivity contribution in [2.24, 2.45) is 0 Å². The number of carbonyl (C=O) groups is 3. The Morgan fingerprint density at radius 1 is 1.00 bits per heavy atom. The van der Waals surface area contributed by atoms with E-state index in [1.54, 1.807) is 24.3 Å². The molecule has 1 N–H and O–H groups in total. The van der Waals surface area contributed by atoms with Gasteiger partial charge in [0.05, 0.1) is 12.1 Å². The molecule has 3 aliphatic rings. The van der Waals surface area contributed by atoms with Crippen molar-refractivity contribution in [2.45, 2.75) is 44.4 Å². The Hall–Kier alpha value is -3.58. The number of anilines is 1. The second-order valence-corrected chi connectivity index (χ2v) is 9.41. The van der Waals surface area contributed by atoms with E-state index < -0.39 is 5.92 Å². The number of Topliss-reactive ketones (excluding diaryl/α,β-unsaturated/α-hetero) is 2. The highest BCUT2D eigenvalue weighted by Gasteiger charge is 2.42. The van der Waals surface area contributed by atoms with Crippen molar-refractivity contribution in [3.8, 4) is 11.5 Å². The Morgan fingerprint density at radius 3 is 2.25 bits per heavy atom. The summed E-state index contributed by atoms with van der Waals surface area (Å²) in [5, 5.41) is 2.98. The number of benzene rings is 2. The normalized spacial score (nSPS) is 17.8.